The highest BCUT2D eigenvalue weighted by Gasteiger charge is 2.29. The Morgan fingerprint density at radius 1 is 1.18 bits per heavy atom. The lowest BCUT2D eigenvalue weighted by Gasteiger charge is -2.34. The van der Waals surface area contributed by atoms with Crippen LogP contribution in [-0.2, 0) is 4.79 Å². The Morgan fingerprint density at radius 2 is 1.82 bits per heavy atom. The van der Waals surface area contributed by atoms with Crippen molar-refractivity contribution in [2.24, 2.45) is 11.8 Å². The van der Waals surface area contributed by atoms with E-state index in [0.717, 1.165) is 25.8 Å². The van der Waals surface area contributed by atoms with E-state index in [9.17, 15) is 4.79 Å². The normalized spacial score (nSPS) is 29.8. The Hall–Kier alpha value is -0.240. The molecule has 0 aromatic carbocycles. The average molecular weight is 258 g/mol. The van der Waals surface area contributed by atoms with Crippen molar-refractivity contribution in [3.8, 4) is 0 Å². The first-order chi connectivity index (χ1) is 8.15. The van der Waals surface area contributed by atoms with Gasteiger partial charge in [-0.2, -0.15) is 0 Å². The molecule has 0 aliphatic heterocycles. The highest BCUT2D eigenvalue weighted by Crippen LogP contribution is 2.32. The molecule has 3 heteroatoms. The van der Waals surface area contributed by atoms with Crippen LogP contribution in [0.25, 0.3) is 0 Å². The van der Waals surface area contributed by atoms with Crippen LogP contribution in [0.15, 0.2) is 0 Å². The van der Waals surface area contributed by atoms with Gasteiger partial charge in [0.15, 0.2) is 0 Å². The molecule has 0 radical (unpaired) electrons. The van der Waals surface area contributed by atoms with Crippen molar-refractivity contribution in [3.63, 3.8) is 0 Å². The Morgan fingerprint density at radius 3 is 2.41 bits per heavy atom. The van der Waals surface area contributed by atoms with Crippen LogP contribution in [0.3, 0.4) is 0 Å². The van der Waals surface area contributed by atoms with Crippen molar-refractivity contribution in [1.29, 1.82) is 0 Å². The average Bonchev–Trinajstić information content (AvgIpc) is 2.28. The summed E-state index contributed by atoms with van der Waals surface area (Å²) in [6, 6.07) is 0. The molecule has 0 aromatic rings. The molecule has 0 spiro atoms. The Balaban J connectivity index is 1.67. The van der Waals surface area contributed by atoms with Crippen LogP contribution < -0.4 is 0 Å². The molecule has 2 fully saturated rings. The standard InChI is InChI=1S/C14H24ClNO/c1-16(10-12-7-13(15)8-12)14(17)9-11-5-3-2-4-6-11/h11-13H,2-10H2,1H3. The Labute approximate surface area is 110 Å². The molecule has 98 valence electrons. The fourth-order valence-electron chi connectivity index (χ4n) is 3.09. The third-order valence-electron chi connectivity index (χ3n) is 4.32. The molecule has 2 aliphatic carbocycles. The van der Waals surface area contributed by atoms with Gasteiger partial charge in [0.05, 0.1) is 0 Å². The highest BCUT2D eigenvalue weighted by molar-refractivity contribution is 6.21. The Bertz CT molecular complexity index is 257. The number of halogens is 1. The number of hydrogen-bond acceptors (Lipinski definition) is 1. The molecule has 0 aromatic heterocycles. The van der Waals surface area contributed by atoms with E-state index in [2.05, 4.69) is 0 Å². The topological polar surface area (TPSA) is 20.3 Å². The van der Waals surface area contributed by atoms with E-state index in [1.807, 2.05) is 11.9 Å². The molecule has 17 heavy (non-hydrogen) atoms. The van der Waals surface area contributed by atoms with Gasteiger partial charge in [0.2, 0.25) is 5.91 Å². The number of nitrogens with zero attached hydrogens (tertiary/aromatic N) is 1. The molecule has 0 unspecified atom stereocenters. The van der Waals surface area contributed by atoms with Crippen molar-refractivity contribution >= 4 is 17.5 Å². The molecular weight excluding hydrogens is 234 g/mol. The molecule has 0 saturated heterocycles. The van der Waals surface area contributed by atoms with E-state index in [1.54, 1.807) is 0 Å². The first-order valence-electron chi connectivity index (χ1n) is 7.03. The SMILES string of the molecule is CN(CC1CC(Cl)C1)C(=O)CC1CCCCC1. The summed E-state index contributed by atoms with van der Waals surface area (Å²) in [5, 5.41) is 0.363. The number of alkyl halides is 1. The van der Waals surface area contributed by atoms with Crippen LogP contribution in [0, 0.1) is 11.8 Å². The van der Waals surface area contributed by atoms with Crippen molar-refractivity contribution < 1.29 is 4.79 Å². The van der Waals surface area contributed by atoms with Crippen LogP contribution in [0.2, 0.25) is 0 Å². The second kappa shape index (κ2) is 6.08. The van der Waals surface area contributed by atoms with Gasteiger partial charge >= 0.3 is 0 Å². The van der Waals surface area contributed by atoms with Gasteiger partial charge in [0, 0.05) is 25.4 Å². The molecule has 2 aliphatic rings. The van der Waals surface area contributed by atoms with Crippen molar-refractivity contribution in [3.05, 3.63) is 0 Å². The molecule has 0 heterocycles. The van der Waals surface area contributed by atoms with E-state index < -0.39 is 0 Å². The largest absolute Gasteiger partial charge is 0.345 e. The predicted octanol–water partition coefficient (Wildman–Crippen LogP) is 3.43. The van der Waals surface area contributed by atoms with Gasteiger partial charge in [-0.1, -0.05) is 19.3 Å². The molecule has 2 rings (SSSR count). The third-order valence-corrected chi connectivity index (χ3v) is 4.68. The molecule has 2 saturated carbocycles. The second-order valence-corrected chi connectivity index (χ2v) is 6.53. The summed E-state index contributed by atoms with van der Waals surface area (Å²) in [7, 11) is 1.95. The van der Waals surface area contributed by atoms with E-state index in [1.165, 1.54) is 32.1 Å². The van der Waals surface area contributed by atoms with Gasteiger partial charge in [-0.05, 0) is 37.5 Å². The number of carbonyl (C=O) groups is 1. The molecule has 2 nitrogen and oxygen atoms in total. The minimum absolute atomic E-state index is 0.343. The fourth-order valence-corrected chi connectivity index (χ4v) is 3.59. The summed E-state index contributed by atoms with van der Waals surface area (Å²) in [6.45, 7) is 0.911. The van der Waals surface area contributed by atoms with E-state index in [0.29, 0.717) is 23.1 Å². The second-order valence-electron chi connectivity index (χ2n) is 5.92. The highest BCUT2D eigenvalue weighted by atomic mass is 35.5. The van der Waals surface area contributed by atoms with Crippen molar-refractivity contribution in [1.82, 2.24) is 4.90 Å². The lowest BCUT2D eigenvalue weighted by atomic mass is 9.84. The van der Waals surface area contributed by atoms with Crippen LogP contribution >= 0.6 is 11.6 Å². The number of carbonyl (C=O) groups excluding carboxylic acids is 1. The van der Waals surface area contributed by atoms with Crippen LogP contribution in [0.4, 0.5) is 0 Å². The summed E-state index contributed by atoms with van der Waals surface area (Å²) in [4.78, 5) is 14.0. The first-order valence-corrected chi connectivity index (χ1v) is 7.47. The zero-order valence-electron chi connectivity index (χ0n) is 10.8. The minimum Gasteiger partial charge on any atom is -0.345 e. The van der Waals surface area contributed by atoms with Gasteiger partial charge in [0.25, 0.3) is 0 Å². The first kappa shape index (κ1) is 13.2. The lowest BCUT2D eigenvalue weighted by molar-refractivity contribution is -0.132. The quantitative estimate of drug-likeness (QED) is 0.707. The van der Waals surface area contributed by atoms with Crippen molar-refractivity contribution in [2.45, 2.75) is 56.7 Å². The summed E-state index contributed by atoms with van der Waals surface area (Å²) in [5.74, 6) is 1.65. The zero-order chi connectivity index (χ0) is 12.3. The summed E-state index contributed by atoms with van der Waals surface area (Å²) in [5.41, 5.74) is 0. The lowest BCUT2D eigenvalue weighted by Crippen LogP contribution is -2.38. The van der Waals surface area contributed by atoms with Gasteiger partial charge in [-0.15, -0.1) is 11.6 Å². The predicted molar refractivity (Wildman–Crippen MR) is 71.2 cm³/mol. The smallest absolute Gasteiger partial charge is 0.222 e. The maximum Gasteiger partial charge on any atom is 0.222 e. The van der Waals surface area contributed by atoms with E-state index >= 15 is 0 Å². The van der Waals surface area contributed by atoms with E-state index in [4.69, 9.17) is 11.6 Å². The summed E-state index contributed by atoms with van der Waals surface area (Å²) < 4.78 is 0. The fraction of sp³-hybridized carbons (Fsp3) is 0.929. The van der Waals surface area contributed by atoms with Gasteiger partial charge in [-0.3, -0.25) is 4.79 Å². The van der Waals surface area contributed by atoms with Crippen LogP contribution in [-0.4, -0.2) is 29.8 Å². The van der Waals surface area contributed by atoms with Crippen LogP contribution in [0.1, 0.15) is 51.4 Å². The summed E-state index contributed by atoms with van der Waals surface area (Å²) in [6.07, 6.45) is 9.45. The minimum atomic E-state index is 0.343. The van der Waals surface area contributed by atoms with Crippen molar-refractivity contribution in [2.75, 3.05) is 13.6 Å². The zero-order valence-corrected chi connectivity index (χ0v) is 11.6. The molecule has 0 atom stereocenters. The van der Waals surface area contributed by atoms with E-state index in [-0.39, 0.29) is 0 Å². The molecular formula is C14H24ClNO. The van der Waals surface area contributed by atoms with Gasteiger partial charge in [-0.25, -0.2) is 0 Å². The van der Waals surface area contributed by atoms with Gasteiger partial charge < -0.3 is 4.90 Å². The summed E-state index contributed by atoms with van der Waals surface area (Å²) >= 11 is 5.96. The maximum atomic E-state index is 12.1. The maximum absolute atomic E-state index is 12.1. The number of rotatable bonds is 4. The molecule has 1 amide bonds. The van der Waals surface area contributed by atoms with Crippen LogP contribution in [0.5, 0.6) is 0 Å². The number of hydrogen-bond donors (Lipinski definition) is 0. The Kier molecular flexibility index (Phi) is 4.72. The monoisotopic (exact) mass is 257 g/mol. The van der Waals surface area contributed by atoms with Gasteiger partial charge in [0.1, 0.15) is 0 Å². The third kappa shape index (κ3) is 3.87. The molecule has 0 bridgehead atoms. The number of amides is 1. The molecule has 0 N–H and O–H groups in total.